The Morgan fingerprint density at radius 2 is 1.71 bits per heavy atom. The number of fused-ring (bicyclic) bond motifs is 1. The first kappa shape index (κ1) is 30.7. The maximum Gasteiger partial charge on any atom is 0.410 e. The topological polar surface area (TPSA) is 97.3 Å². The summed E-state index contributed by atoms with van der Waals surface area (Å²) in [6.45, 7) is 5.67. The Morgan fingerprint density at radius 3 is 2.44 bits per heavy atom. The monoisotopic (exact) mass is 566 g/mol. The molecule has 0 bridgehead atoms. The highest BCUT2D eigenvalue weighted by Crippen LogP contribution is 2.28. The van der Waals surface area contributed by atoms with Crippen molar-refractivity contribution in [3.05, 3.63) is 59.7 Å². The second-order valence-electron chi connectivity index (χ2n) is 12.3. The zero-order valence-corrected chi connectivity index (χ0v) is 24.8. The van der Waals surface area contributed by atoms with Gasteiger partial charge in [0.15, 0.2) is 6.61 Å². The van der Waals surface area contributed by atoms with Crippen molar-refractivity contribution >= 4 is 12.0 Å². The quantitative estimate of drug-likeness (QED) is 0.372. The molecule has 8 nitrogen and oxygen atoms in total. The minimum atomic E-state index is -0.886. The van der Waals surface area contributed by atoms with Crippen LogP contribution in [0.25, 0.3) is 0 Å². The molecule has 0 aromatic heterocycles. The van der Waals surface area contributed by atoms with Crippen molar-refractivity contribution in [2.45, 2.75) is 102 Å². The normalized spacial score (nSPS) is 18.4. The van der Waals surface area contributed by atoms with Crippen molar-refractivity contribution < 1.29 is 28.9 Å². The summed E-state index contributed by atoms with van der Waals surface area (Å²) in [7, 11) is 0. The van der Waals surface area contributed by atoms with Crippen LogP contribution in [0.4, 0.5) is 4.79 Å². The number of carbonyl (C=O) groups excluding carboxylic acids is 2. The summed E-state index contributed by atoms with van der Waals surface area (Å²) < 4.78 is 17.4. The number of rotatable bonds is 10. The van der Waals surface area contributed by atoms with Gasteiger partial charge in [-0.15, -0.1) is 0 Å². The molecule has 2 N–H and O–H groups in total. The molecule has 8 heteroatoms. The van der Waals surface area contributed by atoms with Gasteiger partial charge in [0.25, 0.3) is 5.91 Å². The molecule has 2 aliphatic rings. The van der Waals surface area contributed by atoms with E-state index in [0.29, 0.717) is 17.9 Å². The Kier molecular flexibility index (Phi) is 10.9. The van der Waals surface area contributed by atoms with Gasteiger partial charge in [0.05, 0.1) is 6.54 Å². The third-order valence-electron chi connectivity index (χ3n) is 7.62. The maximum atomic E-state index is 13.4. The lowest BCUT2D eigenvalue weighted by atomic mass is 9.95. The molecular weight excluding hydrogens is 520 g/mol. The minimum Gasteiger partial charge on any atom is -0.491 e. The molecular formula is C33H46N2O6. The molecule has 224 valence electrons. The Balaban J connectivity index is 1.41. The fraction of sp³-hybridized carbons (Fsp3) is 0.576. The SMILES string of the molecule is CC(C)(C)OC(=O)N(CC(O)COc1ccccc1)C1CCCc2ccc(OCC(=O)NC3CCCCC3)cc2C1. The summed E-state index contributed by atoms with van der Waals surface area (Å²) in [4.78, 5) is 27.5. The second-order valence-corrected chi connectivity index (χ2v) is 12.3. The van der Waals surface area contributed by atoms with Crippen LogP contribution >= 0.6 is 0 Å². The van der Waals surface area contributed by atoms with Crippen LogP contribution in [-0.4, -0.2) is 65.6 Å². The van der Waals surface area contributed by atoms with Gasteiger partial charge in [0.1, 0.15) is 29.8 Å². The highest BCUT2D eigenvalue weighted by Gasteiger charge is 2.32. The molecule has 1 fully saturated rings. The molecule has 41 heavy (non-hydrogen) atoms. The first-order chi connectivity index (χ1) is 19.7. The van der Waals surface area contributed by atoms with E-state index in [2.05, 4.69) is 11.4 Å². The number of hydrogen-bond donors (Lipinski definition) is 2. The maximum absolute atomic E-state index is 13.4. The lowest BCUT2D eigenvalue weighted by molar-refractivity contribution is -0.124. The van der Waals surface area contributed by atoms with Gasteiger partial charge < -0.3 is 29.5 Å². The van der Waals surface area contributed by atoms with Crippen molar-refractivity contribution in [2.24, 2.45) is 0 Å². The van der Waals surface area contributed by atoms with E-state index in [1.807, 2.05) is 63.2 Å². The number of para-hydroxylation sites is 1. The smallest absolute Gasteiger partial charge is 0.410 e. The zero-order chi connectivity index (χ0) is 29.2. The van der Waals surface area contributed by atoms with Crippen LogP contribution in [0.1, 0.15) is 76.8 Å². The van der Waals surface area contributed by atoms with E-state index < -0.39 is 17.8 Å². The van der Waals surface area contributed by atoms with Gasteiger partial charge in [-0.2, -0.15) is 0 Å². The predicted octanol–water partition coefficient (Wildman–Crippen LogP) is 5.44. The first-order valence-corrected chi connectivity index (χ1v) is 15.1. The number of benzene rings is 2. The fourth-order valence-corrected chi connectivity index (χ4v) is 5.62. The summed E-state index contributed by atoms with van der Waals surface area (Å²) >= 11 is 0. The largest absolute Gasteiger partial charge is 0.491 e. The number of aliphatic hydroxyl groups excluding tert-OH is 1. The Bertz CT molecular complexity index is 1130. The highest BCUT2D eigenvalue weighted by atomic mass is 16.6. The van der Waals surface area contributed by atoms with Gasteiger partial charge >= 0.3 is 6.09 Å². The van der Waals surface area contributed by atoms with E-state index in [1.54, 1.807) is 4.90 Å². The van der Waals surface area contributed by atoms with Crippen molar-refractivity contribution in [1.82, 2.24) is 10.2 Å². The van der Waals surface area contributed by atoms with Crippen LogP contribution in [0.2, 0.25) is 0 Å². The van der Waals surface area contributed by atoms with E-state index in [0.717, 1.165) is 50.5 Å². The summed E-state index contributed by atoms with van der Waals surface area (Å²) in [5.74, 6) is 1.22. The number of aryl methyl sites for hydroxylation is 1. The highest BCUT2D eigenvalue weighted by molar-refractivity contribution is 5.77. The summed E-state index contributed by atoms with van der Waals surface area (Å²) in [6, 6.07) is 15.4. The number of amides is 2. The molecule has 2 atom stereocenters. The lowest BCUT2D eigenvalue weighted by Gasteiger charge is -2.34. The third-order valence-corrected chi connectivity index (χ3v) is 7.62. The Labute approximate surface area is 244 Å². The number of ether oxygens (including phenoxy) is 3. The van der Waals surface area contributed by atoms with E-state index >= 15 is 0 Å². The Morgan fingerprint density at radius 1 is 0.951 bits per heavy atom. The molecule has 0 spiro atoms. The fourth-order valence-electron chi connectivity index (χ4n) is 5.62. The van der Waals surface area contributed by atoms with Gasteiger partial charge in [-0.1, -0.05) is 43.5 Å². The molecule has 2 aromatic rings. The molecule has 0 saturated heterocycles. The number of hydrogen-bond acceptors (Lipinski definition) is 6. The number of aliphatic hydroxyl groups is 1. The van der Waals surface area contributed by atoms with Gasteiger partial charge in [-0.05, 0) is 94.7 Å². The molecule has 0 heterocycles. The van der Waals surface area contributed by atoms with Gasteiger partial charge in [-0.3, -0.25) is 4.79 Å². The standard InChI is InChI=1S/C33H46N2O6/c1-33(2,3)41-32(38)35(21-28(36)22-39-29-15-8-5-9-16-29)27-14-10-11-24-17-18-30(20-25(24)19-27)40-23-31(37)34-26-12-6-4-7-13-26/h5,8-9,15-18,20,26-28,36H,4,6-7,10-14,19,21-23H2,1-3H3,(H,34,37). The van der Waals surface area contributed by atoms with E-state index in [1.165, 1.54) is 12.0 Å². The number of nitrogens with one attached hydrogen (secondary N) is 1. The molecule has 1 saturated carbocycles. The summed E-state index contributed by atoms with van der Waals surface area (Å²) in [5, 5.41) is 14.0. The van der Waals surface area contributed by atoms with E-state index in [9.17, 15) is 14.7 Å². The summed E-state index contributed by atoms with van der Waals surface area (Å²) in [6.07, 6.45) is 7.47. The van der Waals surface area contributed by atoms with Crippen LogP contribution in [0.15, 0.2) is 48.5 Å². The molecule has 4 rings (SSSR count). The Hall–Kier alpha value is -3.26. The molecule has 2 unspecified atom stereocenters. The van der Waals surface area contributed by atoms with Gasteiger partial charge in [-0.25, -0.2) is 4.79 Å². The zero-order valence-electron chi connectivity index (χ0n) is 24.8. The lowest BCUT2D eigenvalue weighted by Crippen LogP contribution is -2.48. The van der Waals surface area contributed by atoms with Crippen LogP contribution in [-0.2, 0) is 22.4 Å². The van der Waals surface area contributed by atoms with Crippen LogP contribution in [0.3, 0.4) is 0 Å². The molecule has 0 radical (unpaired) electrons. The van der Waals surface area contributed by atoms with E-state index in [4.69, 9.17) is 14.2 Å². The minimum absolute atomic E-state index is 0.0175. The predicted molar refractivity (Wildman–Crippen MR) is 158 cm³/mol. The summed E-state index contributed by atoms with van der Waals surface area (Å²) in [5.41, 5.74) is 1.63. The molecule has 0 aliphatic heterocycles. The van der Waals surface area contributed by atoms with Crippen LogP contribution in [0, 0.1) is 0 Å². The molecule has 2 aromatic carbocycles. The average molecular weight is 567 g/mol. The van der Waals surface area contributed by atoms with E-state index in [-0.39, 0.29) is 37.7 Å². The first-order valence-electron chi connectivity index (χ1n) is 15.1. The van der Waals surface area contributed by atoms with Crippen molar-refractivity contribution in [3.8, 4) is 11.5 Å². The van der Waals surface area contributed by atoms with Crippen LogP contribution in [0.5, 0.6) is 11.5 Å². The third kappa shape index (κ3) is 9.95. The average Bonchev–Trinajstić information content (AvgIpc) is 3.16. The number of nitrogens with zero attached hydrogens (tertiary/aromatic N) is 1. The van der Waals surface area contributed by atoms with Gasteiger partial charge in [0.2, 0.25) is 0 Å². The van der Waals surface area contributed by atoms with Crippen molar-refractivity contribution in [1.29, 1.82) is 0 Å². The number of carbonyl (C=O) groups is 2. The van der Waals surface area contributed by atoms with Gasteiger partial charge in [0, 0.05) is 12.1 Å². The molecule has 2 amide bonds. The van der Waals surface area contributed by atoms with Crippen molar-refractivity contribution in [3.63, 3.8) is 0 Å². The van der Waals surface area contributed by atoms with Crippen LogP contribution < -0.4 is 14.8 Å². The molecule has 2 aliphatic carbocycles. The van der Waals surface area contributed by atoms with Crippen molar-refractivity contribution in [2.75, 3.05) is 19.8 Å². The second kappa shape index (κ2) is 14.6.